The predicted molar refractivity (Wildman–Crippen MR) is 154 cm³/mol. The lowest BCUT2D eigenvalue weighted by Gasteiger charge is -2.07. The summed E-state index contributed by atoms with van der Waals surface area (Å²) in [5.41, 5.74) is 8.60. The van der Waals surface area contributed by atoms with Crippen molar-refractivity contribution < 1.29 is 0 Å². The van der Waals surface area contributed by atoms with Gasteiger partial charge in [-0.05, 0) is 48.7 Å². The fourth-order valence-corrected chi connectivity index (χ4v) is 5.19. The van der Waals surface area contributed by atoms with Gasteiger partial charge in [-0.25, -0.2) is 19.9 Å². The number of pyridine rings is 1. The van der Waals surface area contributed by atoms with Crippen LogP contribution in [0.4, 0.5) is 11.8 Å². The highest BCUT2D eigenvalue weighted by Crippen LogP contribution is 2.39. The van der Waals surface area contributed by atoms with E-state index in [1.807, 2.05) is 48.7 Å². The molecule has 1 saturated carbocycles. The van der Waals surface area contributed by atoms with E-state index in [2.05, 4.69) is 66.3 Å². The first-order chi connectivity index (χ1) is 19.8. The topological polar surface area (TPSA) is 112 Å². The first-order valence-electron chi connectivity index (χ1n) is 13.4. The zero-order valence-corrected chi connectivity index (χ0v) is 21.5. The summed E-state index contributed by atoms with van der Waals surface area (Å²) in [6.07, 6.45) is 6.95. The standard InChI is InChI=1S/C31H25N9/c1-2-6-19(7-3-1)16-26-33-22-12-11-21(17-25(22)34-26)29-30(40-15-5-4-8-28(40)37-29)23-13-14-32-31(35-23)36-27-18-24(38-39-27)20-9-10-20/h1-8,11-15,17-18,20H,9-10,16H2,(H,33,34)(H2,32,35,36,38,39). The molecule has 2 aromatic carbocycles. The maximum Gasteiger partial charge on any atom is 0.228 e. The van der Waals surface area contributed by atoms with Crippen LogP contribution >= 0.6 is 0 Å². The monoisotopic (exact) mass is 523 g/mol. The number of aromatic amines is 2. The Hall–Kier alpha value is -5.31. The van der Waals surface area contributed by atoms with Crippen LogP contribution in [0, 0.1) is 0 Å². The van der Waals surface area contributed by atoms with Crippen LogP contribution in [0.5, 0.6) is 0 Å². The lowest BCUT2D eigenvalue weighted by Crippen LogP contribution is -2.00. The maximum absolute atomic E-state index is 5.01. The van der Waals surface area contributed by atoms with Gasteiger partial charge in [0.2, 0.25) is 5.95 Å². The molecule has 0 saturated heterocycles. The van der Waals surface area contributed by atoms with E-state index in [4.69, 9.17) is 15.0 Å². The summed E-state index contributed by atoms with van der Waals surface area (Å²) in [5.74, 6) is 2.73. The normalized spacial score (nSPS) is 13.3. The van der Waals surface area contributed by atoms with Crippen molar-refractivity contribution in [2.45, 2.75) is 25.2 Å². The van der Waals surface area contributed by atoms with Crippen molar-refractivity contribution in [2.75, 3.05) is 5.32 Å². The Labute approximate surface area is 229 Å². The molecule has 8 rings (SSSR count). The van der Waals surface area contributed by atoms with Crippen molar-refractivity contribution in [3.63, 3.8) is 0 Å². The molecular formula is C31H25N9. The molecule has 1 fully saturated rings. The van der Waals surface area contributed by atoms with Crippen molar-refractivity contribution >= 4 is 28.4 Å². The van der Waals surface area contributed by atoms with Crippen molar-refractivity contribution in [3.8, 4) is 22.6 Å². The van der Waals surface area contributed by atoms with Crippen LogP contribution < -0.4 is 5.32 Å². The number of benzene rings is 2. The zero-order chi connectivity index (χ0) is 26.5. The number of H-pyrrole nitrogens is 2. The summed E-state index contributed by atoms with van der Waals surface area (Å²) >= 11 is 0. The second-order valence-corrected chi connectivity index (χ2v) is 10.2. The van der Waals surface area contributed by atoms with Crippen LogP contribution in [-0.4, -0.2) is 39.5 Å². The summed E-state index contributed by atoms with van der Waals surface area (Å²) in [6, 6.07) is 26.5. The van der Waals surface area contributed by atoms with E-state index in [0.717, 1.165) is 57.3 Å². The lowest BCUT2D eigenvalue weighted by molar-refractivity contribution is 0.965. The van der Waals surface area contributed by atoms with Crippen LogP contribution in [0.2, 0.25) is 0 Å². The van der Waals surface area contributed by atoms with Crippen LogP contribution in [-0.2, 0) is 6.42 Å². The molecule has 40 heavy (non-hydrogen) atoms. The second-order valence-electron chi connectivity index (χ2n) is 10.2. The van der Waals surface area contributed by atoms with Gasteiger partial charge in [-0.2, -0.15) is 5.10 Å². The number of imidazole rings is 2. The highest BCUT2D eigenvalue weighted by Gasteiger charge is 2.25. The molecule has 0 bridgehead atoms. The summed E-state index contributed by atoms with van der Waals surface area (Å²) in [4.78, 5) is 22.7. The number of hydrogen-bond acceptors (Lipinski definition) is 6. The smallest absolute Gasteiger partial charge is 0.228 e. The predicted octanol–water partition coefficient (Wildman–Crippen LogP) is 6.27. The fraction of sp³-hybridized carbons (Fsp3) is 0.129. The maximum atomic E-state index is 5.01. The molecule has 0 spiro atoms. The van der Waals surface area contributed by atoms with Gasteiger partial charge in [-0.1, -0.05) is 42.5 Å². The van der Waals surface area contributed by atoms with E-state index in [9.17, 15) is 0 Å². The quantitative estimate of drug-likeness (QED) is 0.227. The number of nitrogens with one attached hydrogen (secondary N) is 3. The van der Waals surface area contributed by atoms with Gasteiger partial charge in [0.15, 0.2) is 5.82 Å². The minimum atomic E-state index is 0.484. The Kier molecular flexibility index (Phi) is 5.19. The largest absolute Gasteiger partial charge is 0.342 e. The van der Waals surface area contributed by atoms with Crippen molar-refractivity contribution in [1.82, 2.24) is 39.5 Å². The van der Waals surface area contributed by atoms with Crippen LogP contribution in [0.25, 0.3) is 39.3 Å². The number of rotatable bonds is 7. The van der Waals surface area contributed by atoms with E-state index in [0.29, 0.717) is 17.7 Å². The van der Waals surface area contributed by atoms with Gasteiger partial charge in [-0.3, -0.25) is 9.50 Å². The SMILES string of the molecule is c1ccc(Cc2nc3ccc(-c4nc5ccccn5c4-c4ccnc(Nc5cc(C6CC6)[nH]n5)n4)cc3[nH]2)cc1. The Bertz CT molecular complexity index is 1980. The third-order valence-electron chi connectivity index (χ3n) is 7.30. The van der Waals surface area contributed by atoms with E-state index < -0.39 is 0 Å². The molecule has 0 radical (unpaired) electrons. The van der Waals surface area contributed by atoms with Crippen molar-refractivity contribution in [2.24, 2.45) is 0 Å². The highest BCUT2D eigenvalue weighted by atomic mass is 15.2. The van der Waals surface area contributed by atoms with Crippen LogP contribution in [0.1, 0.15) is 35.8 Å². The Balaban J connectivity index is 1.18. The van der Waals surface area contributed by atoms with Gasteiger partial charge >= 0.3 is 0 Å². The first-order valence-corrected chi connectivity index (χ1v) is 13.4. The molecule has 9 nitrogen and oxygen atoms in total. The van der Waals surface area contributed by atoms with Crippen molar-refractivity contribution in [3.05, 3.63) is 108 Å². The highest BCUT2D eigenvalue weighted by molar-refractivity contribution is 5.87. The molecule has 1 aliphatic carbocycles. The van der Waals surface area contributed by atoms with E-state index in [1.54, 1.807) is 6.20 Å². The molecule has 0 amide bonds. The Morgan fingerprint density at radius 3 is 2.70 bits per heavy atom. The Morgan fingerprint density at radius 2 is 1.80 bits per heavy atom. The van der Waals surface area contributed by atoms with Gasteiger partial charge in [0, 0.05) is 42.1 Å². The third kappa shape index (κ3) is 4.17. The Morgan fingerprint density at radius 1 is 0.900 bits per heavy atom. The first kappa shape index (κ1) is 22.7. The molecule has 0 atom stereocenters. The van der Waals surface area contributed by atoms with Gasteiger partial charge in [0.05, 0.1) is 28.1 Å². The van der Waals surface area contributed by atoms with Gasteiger partial charge in [0.25, 0.3) is 0 Å². The summed E-state index contributed by atoms with van der Waals surface area (Å²) in [5, 5.41) is 10.8. The summed E-state index contributed by atoms with van der Waals surface area (Å²) < 4.78 is 2.07. The number of hydrogen-bond donors (Lipinski definition) is 3. The molecule has 9 heteroatoms. The van der Waals surface area contributed by atoms with E-state index in [-0.39, 0.29) is 0 Å². The molecular weight excluding hydrogens is 498 g/mol. The average molecular weight is 524 g/mol. The zero-order valence-electron chi connectivity index (χ0n) is 21.5. The average Bonchev–Trinajstić information content (AvgIpc) is 3.41. The van der Waals surface area contributed by atoms with Gasteiger partial charge in [0.1, 0.15) is 11.5 Å². The third-order valence-corrected chi connectivity index (χ3v) is 7.30. The summed E-state index contributed by atoms with van der Waals surface area (Å²) in [6.45, 7) is 0. The number of nitrogens with zero attached hydrogens (tertiary/aromatic N) is 6. The lowest BCUT2D eigenvalue weighted by atomic mass is 10.1. The molecule has 7 aromatic rings. The van der Waals surface area contributed by atoms with E-state index in [1.165, 1.54) is 18.4 Å². The minimum absolute atomic E-state index is 0.484. The minimum Gasteiger partial charge on any atom is -0.342 e. The molecule has 3 N–H and O–H groups in total. The van der Waals surface area contributed by atoms with Crippen molar-refractivity contribution in [1.29, 1.82) is 0 Å². The molecule has 0 aliphatic heterocycles. The van der Waals surface area contributed by atoms with Gasteiger partial charge in [-0.15, -0.1) is 0 Å². The summed E-state index contributed by atoms with van der Waals surface area (Å²) in [7, 11) is 0. The van der Waals surface area contributed by atoms with E-state index >= 15 is 0 Å². The fourth-order valence-electron chi connectivity index (χ4n) is 5.19. The number of aromatic nitrogens is 8. The second kappa shape index (κ2) is 9.16. The van der Waals surface area contributed by atoms with Crippen LogP contribution in [0.15, 0.2) is 91.3 Å². The van der Waals surface area contributed by atoms with Gasteiger partial charge < -0.3 is 10.3 Å². The molecule has 5 aromatic heterocycles. The molecule has 5 heterocycles. The number of fused-ring (bicyclic) bond motifs is 2. The molecule has 0 unspecified atom stereocenters. The molecule has 194 valence electrons. The van der Waals surface area contributed by atoms with Crippen LogP contribution in [0.3, 0.4) is 0 Å². The number of anilines is 2. The molecule has 1 aliphatic rings.